The fourth-order valence-corrected chi connectivity index (χ4v) is 3.82. The van der Waals surface area contributed by atoms with E-state index in [1.807, 2.05) is 38.1 Å². The van der Waals surface area contributed by atoms with Gasteiger partial charge in [0.15, 0.2) is 0 Å². The Hall–Kier alpha value is -1.85. The van der Waals surface area contributed by atoms with Gasteiger partial charge in [-0.2, -0.15) is 0 Å². The van der Waals surface area contributed by atoms with Gasteiger partial charge in [-0.15, -0.1) is 0 Å². The van der Waals surface area contributed by atoms with E-state index in [0.717, 1.165) is 11.3 Å². The van der Waals surface area contributed by atoms with Gasteiger partial charge in [-0.3, -0.25) is 0 Å². The largest absolute Gasteiger partial charge is 0.496 e. The zero-order valence-corrected chi connectivity index (χ0v) is 13.9. The fraction of sp³-hybridized carbons (Fsp3) is 0.294. The molecule has 0 spiro atoms. The van der Waals surface area contributed by atoms with Gasteiger partial charge < -0.3 is 4.74 Å². The average Bonchev–Trinajstić information content (AvgIpc) is 2.47. The first-order valence-electron chi connectivity index (χ1n) is 7.05. The maximum absolute atomic E-state index is 12.5. The summed E-state index contributed by atoms with van der Waals surface area (Å²) in [6.07, 6.45) is 0.531. The maximum atomic E-state index is 12.5. The van der Waals surface area contributed by atoms with E-state index < -0.39 is 15.6 Å². The molecular formula is C17H21NO3S. The van der Waals surface area contributed by atoms with Crippen molar-refractivity contribution in [1.82, 2.24) is 4.72 Å². The second kappa shape index (κ2) is 6.50. The van der Waals surface area contributed by atoms with Gasteiger partial charge in [-0.05, 0) is 44.0 Å². The highest BCUT2D eigenvalue weighted by Crippen LogP contribution is 2.24. The van der Waals surface area contributed by atoms with Crippen LogP contribution < -0.4 is 9.46 Å². The Balaban J connectivity index is 2.21. The molecule has 5 heteroatoms. The second-order valence-corrected chi connectivity index (χ2v) is 7.47. The van der Waals surface area contributed by atoms with Crippen LogP contribution in [-0.4, -0.2) is 21.1 Å². The molecule has 0 unspecified atom stereocenters. The molecule has 0 heterocycles. The summed E-state index contributed by atoms with van der Waals surface area (Å²) in [4.78, 5) is 0.267. The van der Waals surface area contributed by atoms with Crippen LogP contribution in [0.15, 0.2) is 59.5 Å². The molecule has 0 atom stereocenters. The molecule has 2 aromatic rings. The molecule has 0 amide bonds. The average molecular weight is 319 g/mol. The van der Waals surface area contributed by atoms with Crippen LogP contribution in [0.2, 0.25) is 0 Å². The van der Waals surface area contributed by atoms with Crippen molar-refractivity contribution in [3.05, 3.63) is 60.2 Å². The smallest absolute Gasteiger partial charge is 0.241 e. The van der Waals surface area contributed by atoms with E-state index in [1.165, 1.54) is 0 Å². The molecule has 2 rings (SSSR count). The van der Waals surface area contributed by atoms with Crippen LogP contribution in [0.1, 0.15) is 19.4 Å². The second-order valence-electron chi connectivity index (χ2n) is 5.79. The van der Waals surface area contributed by atoms with Crippen LogP contribution in [-0.2, 0) is 16.4 Å². The predicted molar refractivity (Wildman–Crippen MR) is 87.5 cm³/mol. The van der Waals surface area contributed by atoms with Gasteiger partial charge in [0.25, 0.3) is 0 Å². The number of hydrogen-bond acceptors (Lipinski definition) is 3. The topological polar surface area (TPSA) is 55.4 Å². The van der Waals surface area contributed by atoms with E-state index in [4.69, 9.17) is 4.74 Å². The summed E-state index contributed by atoms with van der Waals surface area (Å²) in [7, 11) is -1.94. The van der Waals surface area contributed by atoms with Gasteiger partial charge in [0.2, 0.25) is 10.0 Å². The minimum absolute atomic E-state index is 0.267. The maximum Gasteiger partial charge on any atom is 0.241 e. The van der Waals surface area contributed by atoms with Gasteiger partial charge >= 0.3 is 0 Å². The van der Waals surface area contributed by atoms with Crippen molar-refractivity contribution in [3.63, 3.8) is 0 Å². The Labute approximate surface area is 132 Å². The molecule has 2 aromatic carbocycles. The Bertz CT molecular complexity index is 725. The highest BCUT2D eigenvalue weighted by molar-refractivity contribution is 7.89. The van der Waals surface area contributed by atoms with Gasteiger partial charge in [0, 0.05) is 5.54 Å². The lowest BCUT2D eigenvalue weighted by atomic mass is 9.96. The molecule has 4 nitrogen and oxygen atoms in total. The molecule has 118 valence electrons. The highest BCUT2D eigenvalue weighted by atomic mass is 32.2. The molecule has 0 saturated carbocycles. The number of sulfonamides is 1. The van der Waals surface area contributed by atoms with Crippen molar-refractivity contribution in [3.8, 4) is 5.75 Å². The van der Waals surface area contributed by atoms with Crippen molar-refractivity contribution in [2.24, 2.45) is 0 Å². The van der Waals surface area contributed by atoms with E-state index in [0.29, 0.717) is 6.42 Å². The van der Waals surface area contributed by atoms with Crippen LogP contribution in [0, 0.1) is 0 Å². The lowest BCUT2D eigenvalue weighted by molar-refractivity contribution is 0.395. The molecule has 0 bridgehead atoms. The van der Waals surface area contributed by atoms with Crippen molar-refractivity contribution >= 4 is 10.0 Å². The molecule has 0 fully saturated rings. The van der Waals surface area contributed by atoms with Crippen molar-refractivity contribution in [1.29, 1.82) is 0 Å². The summed E-state index contributed by atoms with van der Waals surface area (Å²) in [5.74, 6) is 0.759. The van der Waals surface area contributed by atoms with Crippen LogP contribution in [0.25, 0.3) is 0 Å². The van der Waals surface area contributed by atoms with Crippen molar-refractivity contribution in [2.45, 2.75) is 30.7 Å². The number of ether oxygens (including phenoxy) is 1. The summed E-state index contributed by atoms with van der Waals surface area (Å²) in [6.45, 7) is 3.72. The number of hydrogen-bond donors (Lipinski definition) is 1. The van der Waals surface area contributed by atoms with Crippen LogP contribution >= 0.6 is 0 Å². The van der Waals surface area contributed by atoms with Gasteiger partial charge in [-0.25, -0.2) is 13.1 Å². The third-order valence-corrected chi connectivity index (χ3v) is 5.00. The summed E-state index contributed by atoms with van der Waals surface area (Å²) in [5, 5.41) is 0. The third kappa shape index (κ3) is 4.08. The predicted octanol–water partition coefficient (Wildman–Crippen LogP) is 2.99. The first-order valence-corrected chi connectivity index (χ1v) is 8.53. The van der Waals surface area contributed by atoms with Crippen LogP contribution in [0.5, 0.6) is 5.75 Å². The Morgan fingerprint density at radius 3 is 2.23 bits per heavy atom. The molecular weight excluding hydrogens is 298 g/mol. The van der Waals surface area contributed by atoms with Crippen LogP contribution in [0.3, 0.4) is 0 Å². The lowest BCUT2D eigenvalue weighted by Gasteiger charge is -2.27. The normalized spacial score (nSPS) is 12.1. The minimum atomic E-state index is -3.55. The van der Waals surface area contributed by atoms with Gasteiger partial charge in [-0.1, -0.05) is 36.4 Å². The van der Waals surface area contributed by atoms with Gasteiger partial charge in [0.1, 0.15) is 5.75 Å². The number of rotatable bonds is 6. The SMILES string of the molecule is COc1ccccc1CC(C)(C)NS(=O)(=O)c1ccccc1. The number of nitrogens with one attached hydrogen (secondary N) is 1. The molecule has 0 aliphatic carbocycles. The molecule has 1 N–H and O–H groups in total. The number of benzene rings is 2. The quantitative estimate of drug-likeness (QED) is 0.890. The molecule has 0 radical (unpaired) electrons. The summed E-state index contributed by atoms with van der Waals surface area (Å²) >= 11 is 0. The van der Waals surface area contributed by atoms with E-state index in [9.17, 15) is 8.42 Å². The van der Waals surface area contributed by atoms with E-state index in [1.54, 1.807) is 37.4 Å². The van der Waals surface area contributed by atoms with E-state index >= 15 is 0 Å². The molecule has 0 aliphatic rings. The third-order valence-electron chi connectivity index (χ3n) is 3.29. The zero-order valence-electron chi connectivity index (χ0n) is 13.0. The fourth-order valence-electron chi connectivity index (χ4n) is 2.38. The number of methoxy groups -OCH3 is 1. The standard InChI is InChI=1S/C17H21NO3S/c1-17(2,13-14-9-7-8-12-16(14)21-3)18-22(19,20)15-10-5-4-6-11-15/h4-12,18H,13H2,1-3H3. The summed E-state index contributed by atoms with van der Waals surface area (Å²) < 4.78 is 33.0. The Morgan fingerprint density at radius 2 is 1.59 bits per heavy atom. The van der Waals surface area contributed by atoms with E-state index in [2.05, 4.69) is 4.72 Å². The monoisotopic (exact) mass is 319 g/mol. The van der Waals surface area contributed by atoms with Gasteiger partial charge in [0.05, 0.1) is 12.0 Å². The molecule has 0 aliphatic heterocycles. The van der Waals surface area contributed by atoms with E-state index in [-0.39, 0.29) is 4.90 Å². The lowest BCUT2D eigenvalue weighted by Crippen LogP contribution is -2.45. The molecule has 0 aromatic heterocycles. The van der Waals surface area contributed by atoms with Crippen LogP contribution in [0.4, 0.5) is 0 Å². The van der Waals surface area contributed by atoms with Crippen molar-refractivity contribution < 1.29 is 13.2 Å². The molecule has 22 heavy (non-hydrogen) atoms. The summed E-state index contributed by atoms with van der Waals surface area (Å²) in [6, 6.07) is 16.0. The minimum Gasteiger partial charge on any atom is -0.496 e. The highest BCUT2D eigenvalue weighted by Gasteiger charge is 2.27. The number of para-hydroxylation sites is 1. The molecule has 0 saturated heterocycles. The first-order chi connectivity index (χ1) is 10.3. The van der Waals surface area contributed by atoms with Crippen molar-refractivity contribution in [2.75, 3.05) is 7.11 Å². The summed E-state index contributed by atoms with van der Waals surface area (Å²) in [5.41, 5.74) is 0.328. The Kier molecular flexibility index (Phi) is 4.88. The zero-order chi connectivity index (χ0) is 16.2. The first kappa shape index (κ1) is 16.5. The Morgan fingerprint density at radius 1 is 1.00 bits per heavy atom.